The van der Waals surface area contributed by atoms with Crippen LogP contribution in [-0.4, -0.2) is 25.2 Å². The van der Waals surface area contributed by atoms with Gasteiger partial charge in [-0.15, -0.1) is 0 Å². The van der Waals surface area contributed by atoms with E-state index in [0.717, 1.165) is 12.2 Å². The van der Waals surface area contributed by atoms with Crippen LogP contribution < -0.4 is 5.32 Å². The fourth-order valence-corrected chi connectivity index (χ4v) is 1.43. The summed E-state index contributed by atoms with van der Waals surface area (Å²) >= 11 is 5.94. The zero-order valence-corrected chi connectivity index (χ0v) is 9.41. The molecule has 1 aromatic rings. The Labute approximate surface area is 99.1 Å². The average Bonchev–Trinajstić information content (AvgIpc) is 3.09. The summed E-state index contributed by atoms with van der Waals surface area (Å²) in [7, 11) is 0. The van der Waals surface area contributed by atoms with Crippen molar-refractivity contribution in [1.82, 2.24) is 5.32 Å². The highest BCUT2D eigenvalue weighted by Crippen LogP contribution is 2.16. The molecule has 0 saturated carbocycles. The first-order chi connectivity index (χ1) is 7.75. The van der Waals surface area contributed by atoms with Gasteiger partial charge in [0.05, 0.1) is 12.7 Å². The molecule has 1 atom stereocenters. The Kier molecular flexibility index (Phi) is 3.59. The second-order valence-corrected chi connectivity index (χ2v) is 3.96. The van der Waals surface area contributed by atoms with Crippen molar-refractivity contribution < 1.29 is 9.53 Å². The molecule has 0 spiro atoms. The van der Waals surface area contributed by atoms with Crippen molar-refractivity contribution in [3.05, 3.63) is 40.9 Å². The van der Waals surface area contributed by atoms with Gasteiger partial charge in [-0.05, 0) is 17.7 Å². The highest BCUT2D eigenvalue weighted by molar-refractivity contribution is 6.32. The van der Waals surface area contributed by atoms with Crippen LogP contribution in [0.2, 0.25) is 5.02 Å². The minimum atomic E-state index is -0.129. The lowest BCUT2D eigenvalue weighted by Crippen LogP contribution is -2.25. The van der Waals surface area contributed by atoms with Crippen molar-refractivity contribution in [3.63, 3.8) is 0 Å². The normalized spacial score (nSPS) is 18.7. The van der Waals surface area contributed by atoms with E-state index in [1.807, 2.05) is 18.2 Å². The van der Waals surface area contributed by atoms with Crippen molar-refractivity contribution >= 4 is 23.6 Å². The first kappa shape index (κ1) is 11.2. The van der Waals surface area contributed by atoms with Gasteiger partial charge < -0.3 is 10.1 Å². The van der Waals surface area contributed by atoms with Gasteiger partial charge in [0.25, 0.3) is 0 Å². The molecular weight excluding hydrogens is 226 g/mol. The van der Waals surface area contributed by atoms with Crippen molar-refractivity contribution in [2.45, 2.75) is 6.10 Å². The van der Waals surface area contributed by atoms with Gasteiger partial charge in [0.2, 0.25) is 5.91 Å². The van der Waals surface area contributed by atoms with E-state index < -0.39 is 0 Å². The summed E-state index contributed by atoms with van der Waals surface area (Å²) < 4.78 is 4.98. The van der Waals surface area contributed by atoms with E-state index in [1.54, 1.807) is 12.1 Å². The number of amides is 1. The fraction of sp³-hybridized carbons (Fsp3) is 0.250. The molecule has 1 fully saturated rings. The lowest BCUT2D eigenvalue weighted by atomic mass is 10.2. The van der Waals surface area contributed by atoms with Crippen LogP contribution in [0.1, 0.15) is 5.56 Å². The summed E-state index contributed by atoms with van der Waals surface area (Å²) in [6, 6.07) is 7.37. The van der Waals surface area contributed by atoms with Gasteiger partial charge in [-0.2, -0.15) is 0 Å². The van der Waals surface area contributed by atoms with Gasteiger partial charge in [-0.25, -0.2) is 0 Å². The van der Waals surface area contributed by atoms with Crippen molar-refractivity contribution in [3.8, 4) is 0 Å². The van der Waals surface area contributed by atoms with Crippen LogP contribution in [0.25, 0.3) is 6.08 Å². The Morgan fingerprint density at radius 1 is 1.56 bits per heavy atom. The molecule has 16 heavy (non-hydrogen) atoms. The highest BCUT2D eigenvalue weighted by atomic mass is 35.5. The van der Waals surface area contributed by atoms with E-state index in [1.165, 1.54) is 6.08 Å². The maximum absolute atomic E-state index is 11.4. The molecule has 3 nitrogen and oxygen atoms in total. The topological polar surface area (TPSA) is 41.6 Å². The minimum absolute atomic E-state index is 0.129. The Bertz CT molecular complexity index is 413. The first-order valence-electron chi connectivity index (χ1n) is 5.08. The number of ether oxygens (including phenoxy) is 1. The van der Waals surface area contributed by atoms with Crippen LogP contribution in [0.15, 0.2) is 30.3 Å². The lowest BCUT2D eigenvalue weighted by molar-refractivity contribution is -0.116. The Morgan fingerprint density at radius 3 is 3.00 bits per heavy atom. The second kappa shape index (κ2) is 5.14. The van der Waals surface area contributed by atoms with Crippen LogP contribution in [0.5, 0.6) is 0 Å². The monoisotopic (exact) mass is 237 g/mol. The Morgan fingerprint density at radius 2 is 2.31 bits per heavy atom. The van der Waals surface area contributed by atoms with E-state index in [2.05, 4.69) is 5.32 Å². The van der Waals surface area contributed by atoms with Crippen LogP contribution in [0, 0.1) is 0 Å². The van der Waals surface area contributed by atoms with E-state index in [0.29, 0.717) is 11.6 Å². The molecule has 0 radical (unpaired) electrons. The summed E-state index contributed by atoms with van der Waals surface area (Å²) in [5.41, 5.74) is 0.835. The quantitative estimate of drug-likeness (QED) is 0.642. The molecule has 4 heteroatoms. The summed E-state index contributed by atoms with van der Waals surface area (Å²) in [5, 5.41) is 3.38. The van der Waals surface area contributed by atoms with Crippen LogP contribution >= 0.6 is 11.6 Å². The molecule has 0 aromatic heterocycles. The summed E-state index contributed by atoms with van der Waals surface area (Å²) in [6.45, 7) is 1.32. The summed E-state index contributed by atoms with van der Waals surface area (Å²) in [4.78, 5) is 11.4. The van der Waals surface area contributed by atoms with Crippen molar-refractivity contribution in [2.75, 3.05) is 13.2 Å². The van der Waals surface area contributed by atoms with Crippen molar-refractivity contribution in [2.24, 2.45) is 0 Å². The number of hydrogen-bond acceptors (Lipinski definition) is 2. The van der Waals surface area contributed by atoms with Gasteiger partial charge >= 0.3 is 0 Å². The molecule has 1 heterocycles. The fourth-order valence-electron chi connectivity index (χ4n) is 1.23. The van der Waals surface area contributed by atoms with E-state index >= 15 is 0 Å². The number of epoxide rings is 1. The number of carbonyl (C=O) groups is 1. The summed E-state index contributed by atoms with van der Waals surface area (Å²) in [5.74, 6) is -0.129. The molecule has 0 unspecified atom stereocenters. The van der Waals surface area contributed by atoms with Crippen molar-refractivity contribution in [1.29, 1.82) is 0 Å². The number of carbonyl (C=O) groups excluding carboxylic acids is 1. The van der Waals surface area contributed by atoms with Crippen LogP contribution in [0.4, 0.5) is 0 Å². The van der Waals surface area contributed by atoms with Crippen LogP contribution in [-0.2, 0) is 9.53 Å². The number of benzene rings is 1. The number of halogens is 1. The van der Waals surface area contributed by atoms with E-state index in [4.69, 9.17) is 16.3 Å². The molecule has 1 amide bonds. The third-order valence-corrected chi connectivity index (χ3v) is 2.57. The predicted molar refractivity (Wildman–Crippen MR) is 63.2 cm³/mol. The first-order valence-corrected chi connectivity index (χ1v) is 5.45. The minimum Gasteiger partial charge on any atom is -0.371 e. The maximum atomic E-state index is 11.4. The lowest BCUT2D eigenvalue weighted by Gasteiger charge is -1.98. The molecule has 1 aliphatic heterocycles. The number of nitrogens with one attached hydrogen (secondary N) is 1. The zero-order valence-electron chi connectivity index (χ0n) is 8.65. The number of hydrogen-bond donors (Lipinski definition) is 1. The molecule has 84 valence electrons. The maximum Gasteiger partial charge on any atom is 0.244 e. The SMILES string of the molecule is O=C(/C=C/c1ccccc1Cl)NC[C@@H]1CO1. The summed E-state index contributed by atoms with van der Waals surface area (Å²) in [6.07, 6.45) is 3.38. The molecule has 2 rings (SSSR count). The average molecular weight is 238 g/mol. The van der Waals surface area contributed by atoms with Gasteiger partial charge in [0, 0.05) is 17.6 Å². The van der Waals surface area contributed by atoms with Crippen LogP contribution in [0.3, 0.4) is 0 Å². The standard InChI is InChI=1S/C12H12ClNO2/c13-11-4-2-1-3-9(11)5-6-12(15)14-7-10-8-16-10/h1-6,10H,7-8H2,(H,14,15)/b6-5+/t10-/m1/s1. The molecule has 0 aliphatic carbocycles. The largest absolute Gasteiger partial charge is 0.371 e. The zero-order chi connectivity index (χ0) is 11.4. The Hall–Kier alpha value is -1.32. The molecule has 1 aliphatic rings. The Balaban J connectivity index is 1.87. The molecule has 1 N–H and O–H groups in total. The third-order valence-electron chi connectivity index (χ3n) is 2.23. The third kappa shape index (κ3) is 3.36. The smallest absolute Gasteiger partial charge is 0.244 e. The second-order valence-electron chi connectivity index (χ2n) is 3.56. The van der Waals surface area contributed by atoms with Gasteiger partial charge in [-0.1, -0.05) is 29.8 Å². The van der Waals surface area contributed by atoms with Gasteiger partial charge in [0.1, 0.15) is 0 Å². The molecular formula is C12H12ClNO2. The predicted octanol–water partition coefficient (Wildman–Crippen LogP) is 1.87. The van der Waals surface area contributed by atoms with Gasteiger partial charge in [0.15, 0.2) is 0 Å². The molecule has 1 aromatic carbocycles. The van der Waals surface area contributed by atoms with Gasteiger partial charge in [-0.3, -0.25) is 4.79 Å². The molecule has 1 saturated heterocycles. The molecule has 0 bridgehead atoms. The highest BCUT2D eigenvalue weighted by Gasteiger charge is 2.22. The van der Waals surface area contributed by atoms with E-state index in [-0.39, 0.29) is 12.0 Å². The van der Waals surface area contributed by atoms with E-state index in [9.17, 15) is 4.79 Å². The number of rotatable bonds is 4.